The molecular formula is C15H16N4O4. The number of aryl methyl sites for hydroxylation is 1. The molecule has 23 heavy (non-hydrogen) atoms. The third-order valence-corrected chi connectivity index (χ3v) is 3.28. The summed E-state index contributed by atoms with van der Waals surface area (Å²) in [6, 6.07) is 6.38. The van der Waals surface area contributed by atoms with Gasteiger partial charge in [0.25, 0.3) is 5.56 Å². The normalized spacial score (nSPS) is 10.9. The van der Waals surface area contributed by atoms with Crippen molar-refractivity contribution in [3.8, 4) is 5.88 Å². The molecule has 0 radical (unpaired) electrons. The van der Waals surface area contributed by atoms with Crippen LogP contribution in [0.3, 0.4) is 0 Å². The number of nitrogens with one attached hydrogen (secondary N) is 1. The molecule has 0 aliphatic heterocycles. The molecule has 0 spiro atoms. The number of nitrogens with zero attached hydrogens (tertiary/aromatic N) is 3. The van der Waals surface area contributed by atoms with E-state index in [-0.39, 0.29) is 5.56 Å². The monoisotopic (exact) mass is 316 g/mol. The fourth-order valence-electron chi connectivity index (χ4n) is 1.89. The number of aromatic hydroxyl groups is 1. The van der Waals surface area contributed by atoms with E-state index in [0.29, 0.717) is 5.69 Å². The predicted octanol–water partition coefficient (Wildman–Crippen LogP) is 0.749. The Bertz CT molecular complexity index is 891. The second-order valence-electron chi connectivity index (χ2n) is 5.00. The lowest BCUT2D eigenvalue weighted by Crippen LogP contribution is -2.38. The predicted molar refractivity (Wildman–Crippen MR) is 86.4 cm³/mol. The molecular weight excluding hydrogens is 300 g/mol. The van der Waals surface area contributed by atoms with Crippen LogP contribution < -0.4 is 16.6 Å². The lowest BCUT2D eigenvalue weighted by molar-refractivity contribution is 0.259. The molecule has 2 amide bonds. The van der Waals surface area contributed by atoms with Crippen LogP contribution in [0.5, 0.6) is 5.88 Å². The molecule has 120 valence electrons. The van der Waals surface area contributed by atoms with Gasteiger partial charge in [0, 0.05) is 19.8 Å². The Morgan fingerprint density at radius 1 is 1.17 bits per heavy atom. The van der Waals surface area contributed by atoms with Gasteiger partial charge in [-0.05, 0) is 19.1 Å². The van der Waals surface area contributed by atoms with Gasteiger partial charge in [0.15, 0.2) is 0 Å². The number of urea groups is 1. The summed E-state index contributed by atoms with van der Waals surface area (Å²) in [6.45, 7) is 1.92. The first-order valence-corrected chi connectivity index (χ1v) is 6.72. The minimum atomic E-state index is -0.738. The van der Waals surface area contributed by atoms with Gasteiger partial charge in [0.1, 0.15) is 5.56 Å². The molecule has 2 rings (SSSR count). The molecule has 1 heterocycles. The Hall–Kier alpha value is -3.16. The standard InChI is InChI=1S/C15H16N4O4/c1-9-4-6-10(7-5-9)17-14(22)16-8-11-12(20)18(2)15(23)19(3)13(11)21/h4-8,20H,1-3H3,(H,17,22). The van der Waals surface area contributed by atoms with Crippen molar-refractivity contribution in [2.75, 3.05) is 5.32 Å². The number of hydrogen-bond donors (Lipinski definition) is 2. The molecule has 2 N–H and O–H groups in total. The molecule has 0 aliphatic carbocycles. The number of rotatable bonds is 2. The Labute approximate surface area is 131 Å². The highest BCUT2D eigenvalue weighted by atomic mass is 16.3. The number of carbonyl (C=O) groups excluding carboxylic acids is 1. The number of anilines is 1. The van der Waals surface area contributed by atoms with Crippen molar-refractivity contribution in [2.24, 2.45) is 19.1 Å². The van der Waals surface area contributed by atoms with E-state index < -0.39 is 23.2 Å². The first-order valence-electron chi connectivity index (χ1n) is 6.72. The van der Waals surface area contributed by atoms with Gasteiger partial charge in [-0.15, -0.1) is 0 Å². The Kier molecular flexibility index (Phi) is 4.44. The maximum atomic E-state index is 11.9. The fourth-order valence-corrected chi connectivity index (χ4v) is 1.89. The molecule has 1 aromatic carbocycles. The highest BCUT2D eigenvalue weighted by Crippen LogP contribution is 2.09. The molecule has 0 unspecified atom stereocenters. The Balaban J connectivity index is 2.27. The molecule has 0 saturated carbocycles. The van der Waals surface area contributed by atoms with Gasteiger partial charge in [-0.25, -0.2) is 14.6 Å². The number of amides is 2. The molecule has 8 nitrogen and oxygen atoms in total. The van der Waals surface area contributed by atoms with Crippen LogP contribution in [0.1, 0.15) is 11.1 Å². The Morgan fingerprint density at radius 2 is 1.78 bits per heavy atom. The van der Waals surface area contributed by atoms with E-state index in [2.05, 4.69) is 10.3 Å². The maximum Gasteiger partial charge on any atom is 0.345 e. The zero-order valence-corrected chi connectivity index (χ0v) is 12.9. The van der Waals surface area contributed by atoms with Crippen molar-refractivity contribution in [1.82, 2.24) is 9.13 Å². The van der Waals surface area contributed by atoms with E-state index >= 15 is 0 Å². The number of benzene rings is 1. The van der Waals surface area contributed by atoms with Crippen LogP contribution in [-0.2, 0) is 14.1 Å². The Morgan fingerprint density at radius 3 is 2.39 bits per heavy atom. The van der Waals surface area contributed by atoms with Crippen LogP contribution in [0.4, 0.5) is 10.5 Å². The van der Waals surface area contributed by atoms with E-state index in [1.54, 1.807) is 12.1 Å². The quantitative estimate of drug-likeness (QED) is 0.797. The molecule has 0 atom stereocenters. The largest absolute Gasteiger partial charge is 0.494 e. The van der Waals surface area contributed by atoms with E-state index in [9.17, 15) is 19.5 Å². The average Bonchev–Trinajstić information content (AvgIpc) is 2.53. The number of carbonyl (C=O) groups is 1. The summed E-state index contributed by atoms with van der Waals surface area (Å²) >= 11 is 0. The van der Waals surface area contributed by atoms with Gasteiger partial charge in [-0.3, -0.25) is 13.9 Å². The third kappa shape index (κ3) is 3.37. The summed E-state index contributed by atoms with van der Waals surface area (Å²) < 4.78 is 1.71. The molecule has 8 heteroatoms. The van der Waals surface area contributed by atoms with Crippen molar-refractivity contribution >= 4 is 17.9 Å². The first kappa shape index (κ1) is 16.2. The smallest absolute Gasteiger partial charge is 0.345 e. The van der Waals surface area contributed by atoms with Crippen molar-refractivity contribution in [3.05, 3.63) is 56.2 Å². The summed E-state index contributed by atoms with van der Waals surface area (Å²) in [4.78, 5) is 38.9. The lowest BCUT2D eigenvalue weighted by Gasteiger charge is -2.07. The second-order valence-corrected chi connectivity index (χ2v) is 5.00. The fraction of sp³-hybridized carbons (Fsp3) is 0.200. The van der Waals surface area contributed by atoms with E-state index in [1.807, 2.05) is 19.1 Å². The van der Waals surface area contributed by atoms with Crippen molar-refractivity contribution in [2.45, 2.75) is 6.92 Å². The van der Waals surface area contributed by atoms with E-state index in [1.165, 1.54) is 14.1 Å². The van der Waals surface area contributed by atoms with Gasteiger partial charge < -0.3 is 10.4 Å². The van der Waals surface area contributed by atoms with Crippen molar-refractivity contribution in [3.63, 3.8) is 0 Å². The third-order valence-electron chi connectivity index (χ3n) is 3.28. The molecule has 0 bridgehead atoms. The van der Waals surface area contributed by atoms with E-state index in [4.69, 9.17) is 0 Å². The minimum absolute atomic E-state index is 0.242. The summed E-state index contributed by atoms with van der Waals surface area (Å²) in [5.41, 5.74) is -0.0552. The van der Waals surface area contributed by atoms with Crippen molar-refractivity contribution in [1.29, 1.82) is 0 Å². The zero-order chi connectivity index (χ0) is 17.1. The summed E-state index contributed by atoms with van der Waals surface area (Å²) in [7, 11) is 2.58. The number of hydrogen-bond acceptors (Lipinski definition) is 4. The van der Waals surface area contributed by atoms with Gasteiger partial charge >= 0.3 is 11.7 Å². The van der Waals surface area contributed by atoms with Gasteiger partial charge in [-0.1, -0.05) is 17.7 Å². The number of aromatic nitrogens is 2. The molecule has 0 aliphatic rings. The molecule has 0 fully saturated rings. The van der Waals surface area contributed by atoms with Gasteiger partial charge in [0.05, 0.1) is 6.21 Å². The van der Waals surface area contributed by atoms with Crippen LogP contribution in [-0.4, -0.2) is 26.5 Å². The van der Waals surface area contributed by atoms with E-state index in [0.717, 1.165) is 20.9 Å². The topological polar surface area (TPSA) is 106 Å². The summed E-state index contributed by atoms with van der Waals surface area (Å²) in [6.07, 6.45) is 0.931. The molecule has 2 aromatic rings. The summed E-state index contributed by atoms with van der Waals surface area (Å²) in [5.74, 6) is -0.551. The van der Waals surface area contributed by atoms with Gasteiger partial charge in [0.2, 0.25) is 5.88 Å². The van der Waals surface area contributed by atoms with Crippen molar-refractivity contribution < 1.29 is 9.90 Å². The number of aliphatic imine (C=N–C) groups is 1. The van der Waals surface area contributed by atoms with Crippen LogP contribution in [0.25, 0.3) is 0 Å². The maximum absolute atomic E-state index is 11.9. The highest BCUT2D eigenvalue weighted by molar-refractivity contribution is 5.98. The lowest BCUT2D eigenvalue weighted by atomic mass is 10.2. The summed E-state index contributed by atoms with van der Waals surface area (Å²) in [5, 5.41) is 12.4. The van der Waals surface area contributed by atoms with Crippen LogP contribution in [0.15, 0.2) is 38.8 Å². The SMILES string of the molecule is Cc1ccc(NC(=O)N=Cc2c(O)n(C)c(=O)n(C)c2=O)cc1. The van der Waals surface area contributed by atoms with Crippen LogP contribution in [0, 0.1) is 6.92 Å². The average molecular weight is 316 g/mol. The molecule has 0 saturated heterocycles. The van der Waals surface area contributed by atoms with Crippen LogP contribution in [0.2, 0.25) is 0 Å². The highest BCUT2D eigenvalue weighted by Gasteiger charge is 2.13. The first-order chi connectivity index (χ1) is 10.8. The second kappa shape index (κ2) is 6.30. The van der Waals surface area contributed by atoms with Gasteiger partial charge in [-0.2, -0.15) is 0 Å². The van der Waals surface area contributed by atoms with Crippen LogP contribution >= 0.6 is 0 Å². The minimum Gasteiger partial charge on any atom is -0.494 e. The molecule has 1 aromatic heterocycles. The zero-order valence-electron chi connectivity index (χ0n) is 12.9.